The van der Waals surface area contributed by atoms with Crippen LogP contribution in [0.5, 0.6) is 0 Å². The van der Waals surface area contributed by atoms with Crippen LogP contribution in [0.1, 0.15) is 34.6 Å². The molecule has 0 amide bonds. The summed E-state index contributed by atoms with van der Waals surface area (Å²) < 4.78 is 6.26. The molecule has 0 bridgehead atoms. The van der Waals surface area contributed by atoms with Crippen molar-refractivity contribution < 1.29 is 9.53 Å². The third-order valence-corrected chi connectivity index (χ3v) is 10.5. The van der Waals surface area contributed by atoms with Gasteiger partial charge in [0.05, 0.1) is 35.9 Å². The molecule has 0 heterocycles. The molecule has 0 aromatic carbocycles. The zero-order chi connectivity index (χ0) is 19.7. The lowest BCUT2D eigenvalue weighted by atomic mass is 10.2. The van der Waals surface area contributed by atoms with Crippen LogP contribution in [0.4, 0.5) is 0 Å². The fraction of sp³-hybridized carbons (Fsp3) is 0.667. The van der Waals surface area contributed by atoms with E-state index < -0.39 is 8.32 Å². The topological polar surface area (TPSA) is 77.0 Å². The van der Waals surface area contributed by atoms with Crippen LogP contribution in [-0.4, -0.2) is 37.1 Å². The van der Waals surface area contributed by atoms with Crippen molar-refractivity contribution in [2.45, 2.75) is 63.3 Å². The molecule has 7 heteroatoms. The van der Waals surface area contributed by atoms with Crippen molar-refractivity contribution >= 4 is 31.8 Å². The van der Waals surface area contributed by atoms with Gasteiger partial charge in [-0.05, 0) is 44.1 Å². The molecular weight excluding hydrogens is 368 g/mol. The number of aliphatic hydroxyl groups is 1. The SMILES string of the molecule is CC(C#N)SC(=CC=C(CO[Si](C)(C)C(C)(C)C)SC(C)C#N)CO. The average Bonchev–Trinajstić information content (AvgIpc) is 2.54. The minimum absolute atomic E-state index is 0.109. The Bertz CT molecular complexity index is 569. The average molecular weight is 399 g/mol. The van der Waals surface area contributed by atoms with Crippen LogP contribution >= 0.6 is 23.5 Å². The van der Waals surface area contributed by atoms with Crippen molar-refractivity contribution in [1.29, 1.82) is 10.5 Å². The van der Waals surface area contributed by atoms with Gasteiger partial charge in [0.2, 0.25) is 0 Å². The van der Waals surface area contributed by atoms with Gasteiger partial charge in [-0.1, -0.05) is 20.8 Å². The van der Waals surface area contributed by atoms with E-state index in [1.807, 2.05) is 19.1 Å². The fourth-order valence-electron chi connectivity index (χ4n) is 1.41. The molecule has 0 aromatic rings. The fourth-order valence-corrected chi connectivity index (χ4v) is 3.97. The lowest BCUT2D eigenvalue weighted by Gasteiger charge is -2.36. The van der Waals surface area contributed by atoms with E-state index in [4.69, 9.17) is 14.9 Å². The Morgan fingerprint density at radius 1 is 1.08 bits per heavy atom. The molecule has 2 unspecified atom stereocenters. The predicted molar refractivity (Wildman–Crippen MR) is 112 cm³/mol. The summed E-state index contributed by atoms with van der Waals surface area (Å²) >= 11 is 2.81. The first-order valence-electron chi connectivity index (χ1n) is 8.24. The van der Waals surface area contributed by atoms with Crippen molar-refractivity contribution in [3.8, 4) is 12.1 Å². The number of allylic oxidation sites excluding steroid dienone is 2. The standard InChI is InChI=1S/C18H30N2O2S2Si/c1-14(10-19)23-16(12-21)8-9-17(24-15(2)11-20)13-22-25(6,7)18(3,4)5/h8-9,14-15,21H,12-13H2,1-7H3. The largest absolute Gasteiger partial charge is 0.412 e. The van der Waals surface area contributed by atoms with Crippen molar-refractivity contribution in [1.82, 2.24) is 0 Å². The maximum absolute atomic E-state index is 9.47. The molecule has 0 saturated carbocycles. The molecular formula is C18H30N2O2S2Si. The van der Waals surface area contributed by atoms with E-state index in [9.17, 15) is 5.11 Å². The zero-order valence-electron chi connectivity index (χ0n) is 16.3. The van der Waals surface area contributed by atoms with Crippen LogP contribution in [0, 0.1) is 22.7 Å². The number of aliphatic hydroxyl groups excluding tert-OH is 1. The monoisotopic (exact) mass is 398 g/mol. The maximum atomic E-state index is 9.47. The first-order chi connectivity index (χ1) is 11.5. The summed E-state index contributed by atoms with van der Waals surface area (Å²) in [5.41, 5.74) is 0. The first kappa shape index (κ1) is 24.3. The van der Waals surface area contributed by atoms with Gasteiger partial charge < -0.3 is 9.53 Å². The van der Waals surface area contributed by atoms with E-state index in [0.29, 0.717) is 6.61 Å². The Balaban J connectivity index is 5.29. The molecule has 4 nitrogen and oxygen atoms in total. The molecule has 0 aliphatic rings. The predicted octanol–water partition coefficient (Wildman–Crippen LogP) is 5.06. The minimum atomic E-state index is -1.88. The Labute approximate surface area is 162 Å². The van der Waals surface area contributed by atoms with Crippen LogP contribution in [0.2, 0.25) is 18.1 Å². The van der Waals surface area contributed by atoms with Crippen molar-refractivity contribution in [3.05, 3.63) is 22.0 Å². The maximum Gasteiger partial charge on any atom is 0.192 e. The van der Waals surface area contributed by atoms with Crippen molar-refractivity contribution in [2.24, 2.45) is 0 Å². The van der Waals surface area contributed by atoms with E-state index in [1.54, 1.807) is 6.92 Å². The molecule has 0 aliphatic carbocycles. The number of hydrogen-bond acceptors (Lipinski definition) is 6. The Morgan fingerprint density at radius 3 is 1.92 bits per heavy atom. The highest BCUT2D eigenvalue weighted by molar-refractivity contribution is 8.04. The quantitative estimate of drug-likeness (QED) is 0.432. The second-order valence-corrected chi connectivity index (χ2v) is 15.0. The van der Waals surface area contributed by atoms with Crippen molar-refractivity contribution in [2.75, 3.05) is 13.2 Å². The Kier molecular flexibility index (Phi) is 10.8. The van der Waals surface area contributed by atoms with Gasteiger partial charge in [0.25, 0.3) is 0 Å². The molecule has 1 N–H and O–H groups in total. The van der Waals surface area contributed by atoms with Gasteiger partial charge in [0.1, 0.15) is 0 Å². The molecule has 25 heavy (non-hydrogen) atoms. The third kappa shape index (κ3) is 9.53. The van der Waals surface area contributed by atoms with Crippen LogP contribution in [0.15, 0.2) is 22.0 Å². The summed E-state index contributed by atoms with van der Waals surface area (Å²) in [7, 11) is -1.88. The van der Waals surface area contributed by atoms with E-state index >= 15 is 0 Å². The van der Waals surface area contributed by atoms with Crippen molar-refractivity contribution in [3.63, 3.8) is 0 Å². The summed E-state index contributed by atoms with van der Waals surface area (Å²) in [5, 5.41) is 27.2. The zero-order valence-corrected chi connectivity index (χ0v) is 18.9. The highest BCUT2D eigenvalue weighted by atomic mass is 32.2. The van der Waals surface area contributed by atoms with Gasteiger partial charge in [-0.15, -0.1) is 23.5 Å². The Hall–Kier alpha value is -0.703. The van der Waals surface area contributed by atoms with Gasteiger partial charge in [0, 0.05) is 9.81 Å². The van der Waals surface area contributed by atoms with E-state index in [1.165, 1.54) is 23.5 Å². The van der Waals surface area contributed by atoms with Crippen LogP contribution in [-0.2, 0) is 4.43 Å². The van der Waals surface area contributed by atoms with E-state index in [-0.39, 0.29) is 22.1 Å². The highest BCUT2D eigenvalue weighted by Gasteiger charge is 2.37. The number of hydrogen-bond donors (Lipinski definition) is 1. The molecule has 0 rings (SSSR count). The highest BCUT2D eigenvalue weighted by Crippen LogP contribution is 2.37. The second kappa shape index (κ2) is 11.1. The summed E-state index contributed by atoms with van der Waals surface area (Å²) in [4.78, 5) is 1.68. The molecule has 0 spiro atoms. The van der Waals surface area contributed by atoms with E-state index in [0.717, 1.165) is 9.81 Å². The molecule has 2 atom stereocenters. The van der Waals surface area contributed by atoms with Crippen LogP contribution < -0.4 is 0 Å². The first-order valence-corrected chi connectivity index (χ1v) is 12.9. The van der Waals surface area contributed by atoms with Gasteiger partial charge in [0.15, 0.2) is 8.32 Å². The molecule has 0 fully saturated rings. The lowest BCUT2D eigenvalue weighted by molar-refractivity contribution is 0.325. The van der Waals surface area contributed by atoms with Gasteiger partial charge in [-0.3, -0.25) is 0 Å². The number of nitrogens with zero attached hydrogens (tertiary/aromatic N) is 2. The summed E-state index contributed by atoms with van der Waals surface area (Å²) in [6.07, 6.45) is 3.72. The summed E-state index contributed by atoms with van der Waals surface area (Å²) in [6.45, 7) is 15.0. The number of rotatable bonds is 9. The summed E-state index contributed by atoms with van der Waals surface area (Å²) in [5.74, 6) is 0. The molecule has 0 aliphatic heterocycles. The van der Waals surface area contributed by atoms with E-state index in [2.05, 4.69) is 46.0 Å². The third-order valence-electron chi connectivity index (χ3n) is 4.01. The normalized spacial score (nSPS) is 16.1. The smallest absolute Gasteiger partial charge is 0.192 e. The molecule has 0 saturated heterocycles. The lowest BCUT2D eigenvalue weighted by Crippen LogP contribution is -2.41. The van der Waals surface area contributed by atoms with Crippen LogP contribution in [0.25, 0.3) is 0 Å². The van der Waals surface area contributed by atoms with Gasteiger partial charge >= 0.3 is 0 Å². The van der Waals surface area contributed by atoms with Gasteiger partial charge in [-0.2, -0.15) is 10.5 Å². The van der Waals surface area contributed by atoms with Crippen LogP contribution in [0.3, 0.4) is 0 Å². The number of thioether (sulfide) groups is 2. The summed E-state index contributed by atoms with van der Waals surface area (Å²) in [6, 6.07) is 4.37. The molecule has 140 valence electrons. The number of nitriles is 2. The van der Waals surface area contributed by atoms with Gasteiger partial charge in [-0.25, -0.2) is 0 Å². The molecule has 0 aromatic heterocycles. The second-order valence-electron chi connectivity index (χ2n) is 7.25. The minimum Gasteiger partial charge on any atom is -0.412 e. The molecule has 0 radical (unpaired) electrons. The Morgan fingerprint density at radius 2 is 1.52 bits per heavy atom.